The van der Waals surface area contributed by atoms with Crippen LogP contribution < -0.4 is 0 Å². The highest BCUT2D eigenvalue weighted by Gasteiger charge is 2.46. The Morgan fingerprint density at radius 3 is 2.39 bits per heavy atom. The van der Waals surface area contributed by atoms with Crippen LogP contribution in [-0.2, 0) is 4.74 Å². The van der Waals surface area contributed by atoms with Crippen LogP contribution in [0, 0.1) is 18.6 Å². The lowest BCUT2D eigenvalue weighted by Gasteiger charge is -2.41. The first kappa shape index (κ1) is 21.8. The predicted molar refractivity (Wildman–Crippen MR) is 109 cm³/mol. The SMILES string of the molecule is Cc1ccc(S[C@@H]2O[C@H](CO)[C@H](O)[C@H](n3cc(-c4cc(F)cc(F)c4)nn3)[C@H]2O)cc1. The molecule has 1 fully saturated rings. The van der Waals surface area contributed by atoms with Crippen molar-refractivity contribution in [2.75, 3.05) is 6.61 Å². The normalized spacial score (nSPS) is 26.2. The molecule has 31 heavy (non-hydrogen) atoms. The van der Waals surface area contributed by atoms with E-state index in [1.165, 1.54) is 22.6 Å². The summed E-state index contributed by atoms with van der Waals surface area (Å²) < 4.78 is 34.1. The summed E-state index contributed by atoms with van der Waals surface area (Å²) in [6, 6.07) is 9.60. The third-order valence-corrected chi connectivity index (χ3v) is 6.26. The lowest BCUT2D eigenvalue weighted by atomic mass is 9.97. The summed E-state index contributed by atoms with van der Waals surface area (Å²) >= 11 is 1.25. The molecule has 0 spiro atoms. The van der Waals surface area contributed by atoms with Crippen LogP contribution in [0.3, 0.4) is 0 Å². The van der Waals surface area contributed by atoms with Gasteiger partial charge in [-0.05, 0) is 31.2 Å². The molecule has 0 amide bonds. The van der Waals surface area contributed by atoms with E-state index < -0.39 is 48.0 Å². The molecule has 0 aliphatic carbocycles. The van der Waals surface area contributed by atoms with Gasteiger partial charge in [-0.2, -0.15) is 0 Å². The Labute approximate surface area is 181 Å². The molecule has 3 N–H and O–H groups in total. The molecule has 10 heteroatoms. The van der Waals surface area contributed by atoms with Crippen molar-refractivity contribution in [3.05, 3.63) is 65.9 Å². The largest absolute Gasteiger partial charge is 0.394 e. The molecule has 5 atom stereocenters. The van der Waals surface area contributed by atoms with E-state index >= 15 is 0 Å². The number of hydrogen-bond acceptors (Lipinski definition) is 7. The van der Waals surface area contributed by atoms with Gasteiger partial charge in [-0.3, -0.25) is 0 Å². The highest BCUT2D eigenvalue weighted by atomic mass is 32.2. The second-order valence-corrected chi connectivity index (χ2v) is 8.54. The van der Waals surface area contributed by atoms with Gasteiger partial charge in [0.2, 0.25) is 0 Å². The van der Waals surface area contributed by atoms with E-state index in [1.807, 2.05) is 31.2 Å². The third-order valence-electron chi connectivity index (χ3n) is 5.10. The molecule has 164 valence electrons. The van der Waals surface area contributed by atoms with Gasteiger partial charge in [0.05, 0.1) is 12.8 Å². The molecule has 1 aromatic heterocycles. The Kier molecular flexibility index (Phi) is 6.35. The number of rotatable bonds is 5. The molecule has 1 aliphatic rings. The Hall–Kier alpha value is -2.37. The van der Waals surface area contributed by atoms with Gasteiger partial charge in [-0.15, -0.1) is 5.10 Å². The zero-order valence-corrected chi connectivity index (χ0v) is 17.3. The van der Waals surface area contributed by atoms with E-state index in [0.29, 0.717) is 0 Å². The van der Waals surface area contributed by atoms with Gasteiger partial charge in [0, 0.05) is 16.5 Å². The molecular weight excluding hydrogens is 428 g/mol. The zero-order chi connectivity index (χ0) is 22.1. The van der Waals surface area contributed by atoms with Gasteiger partial charge in [-0.1, -0.05) is 34.7 Å². The molecule has 0 radical (unpaired) electrons. The van der Waals surface area contributed by atoms with Gasteiger partial charge in [0.25, 0.3) is 0 Å². The number of aliphatic hydroxyl groups excluding tert-OH is 3. The number of aryl methyl sites for hydroxylation is 1. The number of aliphatic hydroxyl groups is 3. The summed E-state index contributed by atoms with van der Waals surface area (Å²) in [6.45, 7) is 1.49. The fraction of sp³-hybridized carbons (Fsp3) is 0.333. The van der Waals surface area contributed by atoms with Crippen molar-refractivity contribution in [3.8, 4) is 11.3 Å². The van der Waals surface area contributed by atoms with Crippen molar-refractivity contribution in [3.63, 3.8) is 0 Å². The molecule has 1 saturated heterocycles. The average Bonchev–Trinajstić information content (AvgIpc) is 3.21. The highest BCUT2D eigenvalue weighted by molar-refractivity contribution is 7.99. The van der Waals surface area contributed by atoms with Gasteiger partial charge >= 0.3 is 0 Å². The first-order chi connectivity index (χ1) is 14.9. The maximum Gasteiger partial charge on any atom is 0.136 e. The number of thioether (sulfide) groups is 1. The van der Waals surface area contributed by atoms with Gasteiger partial charge in [0.15, 0.2) is 0 Å². The molecule has 0 unspecified atom stereocenters. The summed E-state index contributed by atoms with van der Waals surface area (Å²) in [5.74, 6) is -1.52. The van der Waals surface area contributed by atoms with Crippen molar-refractivity contribution < 1.29 is 28.8 Å². The lowest BCUT2D eigenvalue weighted by Crippen LogP contribution is -2.55. The summed E-state index contributed by atoms with van der Waals surface area (Å²) in [5.41, 5.74) is 0.629. The van der Waals surface area contributed by atoms with Crippen LogP contribution >= 0.6 is 11.8 Å². The second kappa shape index (κ2) is 9.01. The number of halogens is 2. The van der Waals surface area contributed by atoms with Crippen molar-refractivity contribution in [2.24, 2.45) is 0 Å². The molecule has 2 aromatic carbocycles. The molecule has 1 aliphatic heterocycles. The number of aromatic nitrogens is 3. The van der Waals surface area contributed by atoms with Crippen molar-refractivity contribution >= 4 is 11.8 Å². The maximum atomic E-state index is 13.6. The molecule has 0 saturated carbocycles. The minimum absolute atomic E-state index is 0.170. The van der Waals surface area contributed by atoms with Crippen LogP contribution in [0.2, 0.25) is 0 Å². The lowest BCUT2D eigenvalue weighted by molar-refractivity contribution is -0.178. The van der Waals surface area contributed by atoms with Crippen LogP contribution in [0.25, 0.3) is 11.3 Å². The Bertz CT molecular complexity index is 1030. The fourth-order valence-electron chi connectivity index (χ4n) is 3.49. The minimum Gasteiger partial charge on any atom is -0.394 e. The fourth-order valence-corrected chi connectivity index (χ4v) is 4.55. The summed E-state index contributed by atoms with van der Waals surface area (Å²) in [6.07, 6.45) is -2.06. The minimum atomic E-state index is -1.28. The van der Waals surface area contributed by atoms with Crippen LogP contribution in [0.1, 0.15) is 11.6 Å². The van der Waals surface area contributed by atoms with E-state index in [4.69, 9.17) is 4.74 Å². The van der Waals surface area contributed by atoms with Crippen molar-refractivity contribution in [2.45, 2.75) is 41.6 Å². The van der Waals surface area contributed by atoms with Crippen LogP contribution in [-0.4, -0.2) is 60.7 Å². The highest BCUT2D eigenvalue weighted by Crippen LogP contribution is 2.38. The molecule has 7 nitrogen and oxygen atoms in total. The van der Waals surface area contributed by atoms with E-state index in [9.17, 15) is 24.1 Å². The smallest absolute Gasteiger partial charge is 0.136 e. The van der Waals surface area contributed by atoms with Crippen molar-refractivity contribution in [1.82, 2.24) is 15.0 Å². The van der Waals surface area contributed by atoms with Crippen LogP contribution in [0.4, 0.5) is 8.78 Å². The monoisotopic (exact) mass is 449 g/mol. The number of nitrogens with zero attached hydrogens (tertiary/aromatic N) is 3. The first-order valence-corrected chi connectivity index (χ1v) is 10.5. The van der Waals surface area contributed by atoms with Gasteiger partial charge in [0.1, 0.15) is 47.1 Å². The van der Waals surface area contributed by atoms with Crippen molar-refractivity contribution in [1.29, 1.82) is 0 Å². The average molecular weight is 449 g/mol. The molecule has 4 rings (SSSR count). The standard InChI is InChI=1S/C21H21F2N3O4S/c1-11-2-4-15(5-3-11)31-21-20(29)18(19(28)17(10-27)30-21)26-9-16(24-25-26)12-6-13(22)8-14(23)7-12/h2-9,17-21,27-29H,10H2,1H3/t17-,18+,19+,20-,21+/m1/s1. The number of ether oxygens (including phenoxy) is 1. The van der Waals surface area contributed by atoms with E-state index in [1.54, 1.807) is 0 Å². The molecular formula is C21H21F2N3O4S. The number of benzene rings is 2. The van der Waals surface area contributed by atoms with Gasteiger partial charge < -0.3 is 20.1 Å². The molecule has 2 heterocycles. The quantitative estimate of drug-likeness (QED) is 0.550. The topological polar surface area (TPSA) is 101 Å². The predicted octanol–water partition coefficient (Wildman–Crippen LogP) is 2.30. The molecule has 0 bridgehead atoms. The second-order valence-electron chi connectivity index (χ2n) is 7.37. The van der Waals surface area contributed by atoms with E-state index in [0.717, 1.165) is 28.7 Å². The van der Waals surface area contributed by atoms with Crippen LogP contribution in [0.5, 0.6) is 0 Å². The summed E-state index contributed by atoms with van der Waals surface area (Å²) in [7, 11) is 0. The Morgan fingerprint density at radius 1 is 1.06 bits per heavy atom. The number of hydrogen-bond donors (Lipinski definition) is 3. The summed E-state index contributed by atoms with van der Waals surface area (Å²) in [5, 5.41) is 39.2. The van der Waals surface area contributed by atoms with Crippen LogP contribution in [0.15, 0.2) is 53.6 Å². The third kappa shape index (κ3) is 4.63. The summed E-state index contributed by atoms with van der Waals surface area (Å²) in [4.78, 5) is 0.844. The molecule has 3 aromatic rings. The first-order valence-electron chi connectivity index (χ1n) is 9.60. The Balaban J connectivity index is 1.62. The van der Waals surface area contributed by atoms with E-state index in [-0.39, 0.29) is 11.3 Å². The van der Waals surface area contributed by atoms with Gasteiger partial charge in [-0.25, -0.2) is 13.5 Å². The maximum absolute atomic E-state index is 13.6. The van der Waals surface area contributed by atoms with E-state index in [2.05, 4.69) is 10.3 Å². The zero-order valence-electron chi connectivity index (χ0n) is 16.5. The Morgan fingerprint density at radius 2 is 1.74 bits per heavy atom.